The number of aliphatic hydroxyl groups excluding tert-OH is 1. The SMILES string of the molecule is O=C1NS(=O)(=O)[C@H](Cc2ccccc2)C/C=C/[C@H](O)[C@@H]2CC[C@H]2CN2C[C@@]3(CCCc4cc(Cl)ccc43)COc3ccc1cc32. The number of halogens is 1. The molecule has 1 spiro atoms. The summed E-state index contributed by atoms with van der Waals surface area (Å²) < 4.78 is 36.3. The summed E-state index contributed by atoms with van der Waals surface area (Å²) >= 11 is 6.40. The number of carbonyl (C=O) groups excluding carboxylic acids is 1. The number of fused-ring (bicyclic) bond motifs is 4. The molecule has 3 aromatic carbocycles. The van der Waals surface area contributed by atoms with Gasteiger partial charge >= 0.3 is 0 Å². The van der Waals surface area contributed by atoms with Crippen molar-refractivity contribution in [1.82, 2.24) is 4.72 Å². The summed E-state index contributed by atoms with van der Waals surface area (Å²) in [5.74, 6) is 0.328. The van der Waals surface area contributed by atoms with Gasteiger partial charge in [0.15, 0.2) is 0 Å². The molecule has 4 aliphatic rings. The number of anilines is 1. The summed E-state index contributed by atoms with van der Waals surface area (Å²) in [5.41, 5.74) is 4.15. The van der Waals surface area contributed by atoms with E-state index >= 15 is 0 Å². The van der Waals surface area contributed by atoms with Gasteiger partial charge in [0.25, 0.3) is 5.91 Å². The topological polar surface area (TPSA) is 95.9 Å². The highest BCUT2D eigenvalue weighted by Gasteiger charge is 2.44. The second kappa shape index (κ2) is 12.1. The molecule has 7 rings (SSSR count). The highest BCUT2D eigenvalue weighted by Crippen LogP contribution is 2.46. The molecule has 236 valence electrons. The highest BCUT2D eigenvalue weighted by molar-refractivity contribution is 7.90. The van der Waals surface area contributed by atoms with Crippen LogP contribution in [-0.2, 0) is 28.3 Å². The third-order valence-corrected chi connectivity index (χ3v) is 12.3. The van der Waals surface area contributed by atoms with Gasteiger partial charge in [-0.3, -0.25) is 4.79 Å². The number of aryl methyl sites for hydroxylation is 1. The van der Waals surface area contributed by atoms with Gasteiger partial charge in [0.05, 0.1) is 23.6 Å². The van der Waals surface area contributed by atoms with Crippen LogP contribution in [0.4, 0.5) is 5.69 Å². The number of ether oxygens (including phenoxy) is 1. The van der Waals surface area contributed by atoms with Gasteiger partial charge in [-0.05, 0) is 104 Å². The number of benzene rings is 3. The average Bonchev–Trinajstić information content (AvgIpc) is 3.15. The molecule has 3 aromatic rings. The Morgan fingerprint density at radius 1 is 1.07 bits per heavy atom. The number of nitrogens with zero attached hydrogens (tertiary/aromatic N) is 1. The van der Waals surface area contributed by atoms with Crippen molar-refractivity contribution in [3.63, 3.8) is 0 Å². The first-order valence-corrected chi connectivity index (χ1v) is 17.9. The largest absolute Gasteiger partial charge is 0.490 e. The maximum absolute atomic E-state index is 13.7. The molecule has 1 amide bonds. The summed E-state index contributed by atoms with van der Waals surface area (Å²) in [6.07, 6.45) is 8.13. The molecular formula is C36H39ClN2O5S. The van der Waals surface area contributed by atoms with Gasteiger partial charge < -0.3 is 14.7 Å². The summed E-state index contributed by atoms with van der Waals surface area (Å²) in [6, 6.07) is 20.8. The minimum Gasteiger partial charge on any atom is -0.490 e. The summed E-state index contributed by atoms with van der Waals surface area (Å²) in [4.78, 5) is 15.9. The van der Waals surface area contributed by atoms with Crippen molar-refractivity contribution in [3.8, 4) is 5.75 Å². The van der Waals surface area contributed by atoms with Crippen molar-refractivity contribution >= 4 is 33.2 Å². The van der Waals surface area contributed by atoms with E-state index in [9.17, 15) is 18.3 Å². The van der Waals surface area contributed by atoms with E-state index in [1.54, 1.807) is 30.4 Å². The van der Waals surface area contributed by atoms with Crippen molar-refractivity contribution in [2.45, 2.75) is 61.7 Å². The minimum atomic E-state index is -4.06. The quantitative estimate of drug-likeness (QED) is 0.340. The molecule has 9 heteroatoms. The fourth-order valence-corrected chi connectivity index (χ4v) is 9.30. The second-order valence-corrected chi connectivity index (χ2v) is 15.6. The van der Waals surface area contributed by atoms with E-state index < -0.39 is 27.3 Å². The Morgan fingerprint density at radius 3 is 2.71 bits per heavy atom. The first-order chi connectivity index (χ1) is 21.7. The van der Waals surface area contributed by atoms with E-state index in [1.165, 1.54) is 11.1 Å². The van der Waals surface area contributed by atoms with Gasteiger partial charge in [-0.1, -0.05) is 60.2 Å². The number of hydrogen-bond donors (Lipinski definition) is 2. The Bertz CT molecular complexity index is 1730. The lowest BCUT2D eigenvalue weighted by molar-refractivity contribution is 0.0456. The van der Waals surface area contributed by atoms with Crippen LogP contribution in [0.25, 0.3) is 0 Å². The number of amides is 1. The van der Waals surface area contributed by atoms with Gasteiger partial charge in [0.2, 0.25) is 10.0 Å². The van der Waals surface area contributed by atoms with Crippen molar-refractivity contribution in [3.05, 3.63) is 106 Å². The number of nitrogens with one attached hydrogen (secondary N) is 1. The monoisotopic (exact) mass is 646 g/mol. The Morgan fingerprint density at radius 2 is 1.91 bits per heavy atom. The molecule has 5 atom stereocenters. The maximum Gasteiger partial charge on any atom is 0.264 e. The van der Waals surface area contributed by atoms with Crippen LogP contribution < -0.4 is 14.4 Å². The van der Waals surface area contributed by atoms with E-state index in [0.717, 1.165) is 48.4 Å². The molecular weight excluding hydrogens is 608 g/mol. The van der Waals surface area contributed by atoms with E-state index in [2.05, 4.69) is 21.8 Å². The van der Waals surface area contributed by atoms with Crippen LogP contribution in [0, 0.1) is 11.8 Å². The molecule has 2 bridgehead atoms. The van der Waals surface area contributed by atoms with Gasteiger partial charge in [0.1, 0.15) is 5.75 Å². The zero-order valence-corrected chi connectivity index (χ0v) is 26.8. The van der Waals surface area contributed by atoms with E-state index in [4.69, 9.17) is 16.3 Å². The number of aliphatic hydroxyl groups is 1. The Hall–Kier alpha value is -3.33. The number of carbonyl (C=O) groups is 1. The Labute approximate surface area is 270 Å². The van der Waals surface area contributed by atoms with Crippen LogP contribution in [0.1, 0.15) is 59.2 Å². The number of hydrogen-bond acceptors (Lipinski definition) is 6. The molecule has 2 aliphatic carbocycles. The molecule has 0 unspecified atom stereocenters. The molecule has 1 fully saturated rings. The zero-order valence-electron chi connectivity index (χ0n) is 25.2. The van der Waals surface area contributed by atoms with Gasteiger partial charge in [-0.2, -0.15) is 0 Å². The third-order valence-electron chi connectivity index (χ3n) is 10.4. The first kappa shape index (κ1) is 30.3. The Kier molecular flexibility index (Phi) is 8.17. The van der Waals surface area contributed by atoms with E-state index in [1.807, 2.05) is 36.4 Å². The lowest BCUT2D eigenvalue weighted by Crippen LogP contribution is -2.49. The van der Waals surface area contributed by atoms with Crippen molar-refractivity contribution in [1.29, 1.82) is 0 Å². The molecule has 0 saturated heterocycles. The molecule has 2 N–H and O–H groups in total. The minimum absolute atomic E-state index is 0.0690. The number of allylic oxidation sites excluding steroid dienone is 1. The van der Waals surface area contributed by atoms with Crippen LogP contribution in [-0.4, -0.2) is 50.5 Å². The van der Waals surface area contributed by atoms with E-state index in [0.29, 0.717) is 25.4 Å². The van der Waals surface area contributed by atoms with Crippen molar-refractivity contribution < 1.29 is 23.1 Å². The smallest absolute Gasteiger partial charge is 0.264 e. The zero-order chi connectivity index (χ0) is 31.2. The van der Waals surface area contributed by atoms with Gasteiger partial charge in [-0.25, -0.2) is 13.1 Å². The van der Waals surface area contributed by atoms with Gasteiger partial charge in [0, 0.05) is 29.1 Å². The normalized spacial score (nSPS) is 29.8. The molecule has 1 saturated carbocycles. The molecule has 0 radical (unpaired) electrons. The molecule has 2 heterocycles. The first-order valence-electron chi connectivity index (χ1n) is 16.0. The summed E-state index contributed by atoms with van der Waals surface area (Å²) in [6.45, 7) is 1.88. The second-order valence-electron chi connectivity index (χ2n) is 13.2. The third kappa shape index (κ3) is 6.00. The summed E-state index contributed by atoms with van der Waals surface area (Å²) in [5, 5.41) is 11.1. The molecule has 2 aliphatic heterocycles. The van der Waals surface area contributed by atoms with Crippen LogP contribution in [0.2, 0.25) is 5.02 Å². The van der Waals surface area contributed by atoms with Crippen LogP contribution >= 0.6 is 11.6 Å². The van der Waals surface area contributed by atoms with Crippen LogP contribution in [0.3, 0.4) is 0 Å². The van der Waals surface area contributed by atoms with Crippen LogP contribution in [0.15, 0.2) is 78.9 Å². The van der Waals surface area contributed by atoms with Gasteiger partial charge in [-0.15, -0.1) is 0 Å². The number of sulfonamides is 1. The lowest BCUT2D eigenvalue weighted by Gasteiger charge is -2.45. The lowest BCUT2D eigenvalue weighted by atomic mass is 9.68. The molecule has 45 heavy (non-hydrogen) atoms. The standard InChI is InChI=1S/C36H39ClN2O5S/c37-28-13-15-31-25(19-28)8-5-17-36(31)22-39-21-27-11-14-30(27)33(40)10-4-9-29(18-24-6-2-1-3-7-24)45(42,43)38-35(41)26-12-16-34(44-23-36)32(39)20-26/h1-4,6-7,10,12-13,15-16,19-20,27,29-30,33,40H,5,8-9,11,14,17-18,21-23H2,(H,38,41)/b10-4+/t27-,29-,30+,33-,36-/m0/s1. The van der Waals surface area contributed by atoms with Crippen molar-refractivity contribution in [2.75, 3.05) is 24.6 Å². The fourth-order valence-electron chi connectivity index (χ4n) is 7.79. The average molecular weight is 647 g/mol. The predicted molar refractivity (Wildman–Crippen MR) is 177 cm³/mol. The Balaban J connectivity index is 1.27. The van der Waals surface area contributed by atoms with Crippen molar-refractivity contribution in [2.24, 2.45) is 11.8 Å². The maximum atomic E-state index is 13.7. The fraction of sp³-hybridized carbons (Fsp3) is 0.417. The summed E-state index contributed by atoms with van der Waals surface area (Å²) in [7, 11) is -4.06. The predicted octanol–water partition coefficient (Wildman–Crippen LogP) is 5.83. The molecule has 0 aromatic heterocycles. The highest BCUT2D eigenvalue weighted by atomic mass is 35.5. The van der Waals surface area contributed by atoms with E-state index in [-0.39, 0.29) is 35.7 Å². The van der Waals surface area contributed by atoms with Crippen LogP contribution in [0.5, 0.6) is 5.75 Å². The molecule has 7 nitrogen and oxygen atoms in total. The number of rotatable bonds is 2.